The van der Waals surface area contributed by atoms with E-state index in [0.717, 1.165) is 23.0 Å². The van der Waals surface area contributed by atoms with Gasteiger partial charge in [0, 0.05) is 22.4 Å². The van der Waals surface area contributed by atoms with Gasteiger partial charge < -0.3 is 5.32 Å². The fourth-order valence-electron chi connectivity index (χ4n) is 2.00. The molecule has 0 aliphatic carbocycles. The highest BCUT2D eigenvalue weighted by atomic mass is 79.9. The third kappa shape index (κ3) is 4.62. The number of rotatable bonds is 5. The molecule has 0 saturated carbocycles. The van der Waals surface area contributed by atoms with E-state index in [9.17, 15) is 0 Å². The molecule has 2 nitrogen and oxygen atoms in total. The lowest BCUT2D eigenvalue weighted by Gasteiger charge is -2.27. The molecule has 1 atom stereocenters. The Morgan fingerprint density at radius 1 is 1.44 bits per heavy atom. The minimum atomic E-state index is 0.281. The van der Waals surface area contributed by atoms with Gasteiger partial charge in [-0.15, -0.1) is 0 Å². The Kier molecular flexibility index (Phi) is 4.93. The molecule has 0 radical (unpaired) electrons. The normalized spacial score (nSPS) is 13.8. The fraction of sp³-hybridized carbons (Fsp3) is 0.615. The summed E-state index contributed by atoms with van der Waals surface area (Å²) in [6.07, 6.45) is 4.04. The average Bonchev–Trinajstić information content (AvgIpc) is 2.20. The van der Waals surface area contributed by atoms with Crippen LogP contribution >= 0.6 is 15.9 Å². The van der Waals surface area contributed by atoms with Crippen LogP contribution in [0.3, 0.4) is 0 Å². The summed E-state index contributed by atoms with van der Waals surface area (Å²) in [6.45, 7) is 6.81. The highest BCUT2D eigenvalue weighted by Gasteiger charge is 2.21. The maximum Gasteiger partial charge on any atom is 0.0413 e. The fourth-order valence-corrected chi connectivity index (χ4v) is 2.24. The maximum atomic E-state index is 4.43. The van der Waals surface area contributed by atoms with Crippen LogP contribution in [-0.4, -0.2) is 18.1 Å². The molecule has 0 fully saturated rings. The Balaban J connectivity index is 2.61. The van der Waals surface area contributed by atoms with Gasteiger partial charge in [0.05, 0.1) is 0 Å². The molecule has 1 unspecified atom stereocenters. The van der Waals surface area contributed by atoms with Gasteiger partial charge in [-0.2, -0.15) is 0 Å². The zero-order valence-electron chi connectivity index (χ0n) is 10.5. The van der Waals surface area contributed by atoms with Crippen molar-refractivity contribution in [3.63, 3.8) is 0 Å². The number of aromatic nitrogens is 1. The van der Waals surface area contributed by atoms with E-state index in [1.165, 1.54) is 0 Å². The second-order valence-electron chi connectivity index (χ2n) is 5.20. The first-order chi connectivity index (χ1) is 7.43. The van der Waals surface area contributed by atoms with Gasteiger partial charge in [-0.25, -0.2) is 0 Å². The largest absolute Gasteiger partial charge is 0.317 e. The van der Waals surface area contributed by atoms with Crippen LogP contribution in [0.15, 0.2) is 22.8 Å². The van der Waals surface area contributed by atoms with Crippen LogP contribution < -0.4 is 5.32 Å². The summed E-state index contributed by atoms with van der Waals surface area (Å²) in [6, 6.07) is 4.70. The van der Waals surface area contributed by atoms with Crippen LogP contribution in [0.5, 0.6) is 0 Å². The first-order valence-corrected chi connectivity index (χ1v) is 6.50. The molecule has 0 spiro atoms. The SMILES string of the molecule is CNC(C)CC(C)(C)Cc1ccc(Br)cn1. The second kappa shape index (κ2) is 5.78. The predicted octanol–water partition coefficient (Wildman–Crippen LogP) is 3.41. The summed E-state index contributed by atoms with van der Waals surface area (Å²) < 4.78 is 1.04. The Morgan fingerprint density at radius 2 is 2.12 bits per heavy atom. The van der Waals surface area contributed by atoms with Crippen LogP contribution in [0.2, 0.25) is 0 Å². The van der Waals surface area contributed by atoms with E-state index in [0.29, 0.717) is 6.04 Å². The monoisotopic (exact) mass is 284 g/mol. The van der Waals surface area contributed by atoms with Crippen LogP contribution in [-0.2, 0) is 6.42 Å². The summed E-state index contributed by atoms with van der Waals surface area (Å²) >= 11 is 3.40. The van der Waals surface area contributed by atoms with Crippen molar-refractivity contribution in [3.05, 3.63) is 28.5 Å². The van der Waals surface area contributed by atoms with Gasteiger partial charge in [0.2, 0.25) is 0 Å². The molecule has 0 aliphatic heterocycles. The quantitative estimate of drug-likeness (QED) is 0.896. The van der Waals surface area contributed by atoms with Crippen molar-refractivity contribution in [1.29, 1.82) is 0 Å². The molecule has 1 N–H and O–H groups in total. The Morgan fingerprint density at radius 3 is 2.62 bits per heavy atom. The maximum absolute atomic E-state index is 4.43. The average molecular weight is 285 g/mol. The van der Waals surface area contributed by atoms with Crippen LogP contribution in [0.1, 0.15) is 32.9 Å². The van der Waals surface area contributed by atoms with E-state index in [4.69, 9.17) is 0 Å². The van der Waals surface area contributed by atoms with Crippen molar-refractivity contribution in [3.8, 4) is 0 Å². The summed E-state index contributed by atoms with van der Waals surface area (Å²) in [5.41, 5.74) is 1.44. The predicted molar refractivity (Wildman–Crippen MR) is 72.6 cm³/mol. The smallest absolute Gasteiger partial charge is 0.0413 e. The van der Waals surface area contributed by atoms with Gasteiger partial charge in [0.1, 0.15) is 0 Å². The first kappa shape index (κ1) is 13.7. The van der Waals surface area contributed by atoms with E-state index < -0.39 is 0 Å². The van der Waals surface area contributed by atoms with Crippen molar-refractivity contribution in [2.45, 2.75) is 39.7 Å². The van der Waals surface area contributed by atoms with E-state index in [1.54, 1.807) is 0 Å². The molecule has 0 aromatic carbocycles. The summed E-state index contributed by atoms with van der Waals surface area (Å²) in [5.74, 6) is 0. The second-order valence-corrected chi connectivity index (χ2v) is 6.12. The molecule has 0 aliphatic rings. The van der Waals surface area contributed by atoms with E-state index in [-0.39, 0.29) is 5.41 Å². The lowest BCUT2D eigenvalue weighted by molar-refractivity contribution is 0.291. The zero-order chi connectivity index (χ0) is 12.2. The van der Waals surface area contributed by atoms with E-state index >= 15 is 0 Å². The lowest BCUT2D eigenvalue weighted by atomic mass is 9.82. The van der Waals surface area contributed by atoms with Crippen molar-refractivity contribution in [2.75, 3.05) is 7.05 Å². The third-order valence-corrected chi connectivity index (χ3v) is 3.27. The number of nitrogens with zero attached hydrogens (tertiary/aromatic N) is 1. The molecule has 0 amide bonds. The van der Waals surface area contributed by atoms with Crippen molar-refractivity contribution < 1.29 is 0 Å². The molecule has 1 aromatic rings. The molecule has 0 saturated heterocycles. The standard InChI is InChI=1S/C13H21BrN2/c1-10(15-4)7-13(2,3)8-12-6-5-11(14)9-16-12/h5-6,9-10,15H,7-8H2,1-4H3. The summed E-state index contributed by atoms with van der Waals surface area (Å²) in [7, 11) is 2.01. The van der Waals surface area contributed by atoms with Gasteiger partial charge >= 0.3 is 0 Å². The van der Waals surface area contributed by atoms with Gasteiger partial charge in [0.25, 0.3) is 0 Å². The van der Waals surface area contributed by atoms with Crippen molar-refractivity contribution in [1.82, 2.24) is 10.3 Å². The number of pyridine rings is 1. The third-order valence-electron chi connectivity index (χ3n) is 2.80. The Labute approximate surface area is 107 Å². The topological polar surface area (TPSA) is 24.9 Å². The van der Waals surface area contributed by atoms with Crippen molar-refractivity contribution >= 4 is 15.9 Å². The summed E-state index contributed by atoms with van der Waals surface area (Å²) in [5, 5.41) is 3.29. The Bertz CT molecular complexity index is 319. The molecule has 16 heavy (non-hydrogen) atoms. The highest BCUT2D eigenvalue weighted by molar-refractivity contribution is 9.10. The first-order valence-electron chi connectivity index (χ1n) is 5.71. The summed E-state index contributed by atoms with van der Waals surface area (Å²) in [4.78, 5) is 4.43. The molecule has 1 heterocycles. The van der Waals surface area contributed by atoms with Gasteiger partial charge in [-0.1, -0.05) is 13.8 Å². The number of hydrogen-bond acceptors (Lipinski definition) is 2. The van der Waals surface area contributed by atoms with E-state index in [1.807, 2.05) is 13.2 Å². The van der Waals surface area contributed by atoms with Gasteiger partial charge in [0.15, 0.2) is 0 Å². The van der Waals surface area contributed by atoms with Crippen LogP contribution in [0.25, 0.3) is 0 Å². The van der Waals surface area contributed by atoms with Crippen molar-refractivity contribution in [2.24, 2.45) is 5.41 Å². The molecule has 1 aromatic heterocycles. The molecule has 3 heteroatoms. The molecule has 90 valence electrons. The molecule has 1 rings (SSSR count). The number of halogens is 1. The minimum absolute atomic E-state index is 0.281. The van der Waals surface area contributed by atoms with E-state index in [2.05, 4.69) is 59.1 Å². The van der Waals surface area contributed by atoms with Crippen LogP contribution in [0, 0.1) is 5.41 Å². The van der Waals surface area contributed by atoms with Crippen LogP contribution in [0.4, 0.5) is 0 Å². The Hall–Kier alpha value is -0.410. The zero-order valence-corrected chi connectivity index (χ0v) is 12.1. The molecule has 0 bridgehead atoms. The minimum Gasteiger partial charge on any atom is -0.317 e. The number of nitrogens with one attached hydrogen (secondary N) is 1. The molecular formula is C13H21BrN2. The lowest BCUT2D eigenvalue weighted by Crippen LogP contribution is -2.29. The van der Waals surface area contributed by atoms with Gasteiger partial charge in [-0.05, 0) is 60.3 Å². The number of hydrogen-bond donors (Lipinski definition) is 1. The highest BCUT2D eigenvalue weighted by Crippen LogP contribution is 2.27. The van der Waals surface area contributed by atoms with Gasteiger partial charge in [-0.3, -0.25) is 4.98 Å². The molecular weight excluding hydrogens is 264 g/mol.